The molecular weight excluding hydrogens is 568 g/mol. The first kappa shape index (κ1) is 34.7. The van der Waals surface area contributed by atoms with E-state index in [-0.39, 0.29) is 30.9 Å². The number of primary amides is 1. The molecule has 10 heteroatoms. The lowest BCUT2D eigenvalue weighted by atomic mass is 9.63. The molecule has 2 aromatic rings. The van der Waals surface area contributed by atoms with Gasteiger partial charge in [-0.05, 0) is 68.0 Å². The van der Waals surface area contributed by atoms with Gasteiger partial charge in [0.05, 0.1) is 25.7 Å². The Morgan fingerprint density at radius 3 is 2.11 bits per heavy atom. The van der Waals surface area contributed by atoms with Crippen molar-refractivity contribution in [3.05, 3.63) is 82.5 Å². The fraction of sp³-hybridized carbons (Fsp3) is 0.471. The summed E-state index contributed by atoms with van der Waals surface area (Å²) in [7, 11) is 3.10. The van der Waals surface area contributed by atoms with Crippen molar-refractivity contribution in [3.8, 4) is 11.5 Å². The van der Waals surface area contributed by atoms with Crippen LogP contribution in [-0.4, -0.2) is 61.8 Å². The third kappa shape index (κ3) is 8.66. The van der Waals surface area contributed by atoms with E-state index in [4.69, 9.17) is 15.2 Å². The first-order valence-corrected chi connectivity index (χ1v) is 15.0. The van der Waals surface area contributed by atoms with E-state index in [0.29, 0.717) is 42.3 Å². The van der Waals surface area contributed by atoms with Crippen LogP contribution in [0.25, 0.3) is 0 Å². The highest BCUT2D eigenvalue weighted by atomic mass is 19.1. The summed E-state index contributed by atoms with van der Waals surface area (Å²) in [4.78, 5) is 28.9. The summed E-state index contributed by atoms with van der Waals surface area (Å²) >= 11 is 0. The van der Waals surface area contributed by atoms with Crippen molar-refractivity contribution >= 4 is 11.8 Å². The van der Waals surface area contributed by atoms with Crippen molar-refractivity contribution < 1.29 is 33.0 Å². The minimum absolute atomic E-state index is 0.0225. The lowest BCUT2D eigenvalue weighted by Gasteiger charge is -2.42. The van der Waals surface area contributed by atoms with E-state index in [1.807, 2.05) is 26.0 Å². The number of halogens is 2. The van der Waals surface area contributed by atoms with Crippen molar-refractivity contribution in [2.45, 2.75) is 59.1 Å². The molecular formula is C34H45F2N3O5. The van der Waals surface area contributed by atoms with E-state index in [2.05, 4.69) is 5.32 Å². The quantitative estimate of drug-likeness (QED) is 0.253. The Morgan fingerprint density at radius 1 is 1.00 bits per heavy atom. The number of ether oxygens (including phenoxy) is 2. The molecule has 0 spiro atoms. The first-order valence-electron chi connectivity index (χ1n) is 15.0. The topological polar surface area (TPSA) is 114 Å². The number of nitrogens with one attached hydrogen (secondary N) is 1. The van der Waals surface area contributed by atoms with Crippen molar-refractivity contribution in [1.82, 2.24) is 10.2 Å². The highest BCUT2D eigenvalue weighted by Crippen LogP contribution is 2.44. The molecule has 0 aliphatic heterocycles. The second kappa shape index (κ2) is 15.8. The molecule has 0 radical (unpaired) electrons. The van der Waals surface area contributed by atoms with Crippen LogP contribution in [0, 0.1) is 23.0 Å². The summed E-state index contributed by atoms with van der Waals surface area (Å²) in [5.74, 6) is -2.18. The van der Waals surface area contributed by atoms with Crippen LogP contribution in [0.15, 0.2) is 59.7 Å². The molecule has 0 fully saturated rings. The number of amides is 2. The van der Waals surface area contributed by atoms with Crippen LogP contribution >= 0.6 is 0 Å². The van der Waals surface area contributed by atoms with Gasteiger partial charge < -0.3 is 30.5 Å². The van der Waals surface area contributed by atoms with Crippen LogP contribution in [0.2, 0.25) is 0 Å². The Morgan fingerprint density at radius 2 is 1.59 bits per heavy atom. The Labute approximate surface area is 258 Å². The Balaban J connectivity index is 1.98. The fourth-order valence-electron chi connectivity index (χ4n) is 6.03. The highest BCUT2D eigenvalue weighted by molar-refractivity contribution is 5.97. The predicted molar refractivity (Wildman–Crippen MR) is 166 cm³/mol. The number of aliphatic hydroxyl groups excluding tert-OH is 1. The van der Waals surface area contributed by atoms with Crippen molar-refractivity contribution in [2.75, 3.05) is 33.9 Å². The van der Waals surface area contributed by atoms with Crippen LogP contribution in [0.4, 0.5) is 8.78 Å². The number of aliphatic hydroxyl groups is 1. The number of nitrogens with zero attached hydrogens (tertiary/aromatic N) is 1. The summed E-state index contributed by atoms with van der Waals surface area (Å²) in [6.45, 7) is 7.22. The summed E-state index contributed by atoms with van der Waals surface area (Å²) in [6, 6.07) is 8.53. The van der Waals surface area contributed by atoms with Gasteiger partial charge in [-0.1, -0.05) is 31.6 Å². The maximum atomic E-state index is 14.3. The van der Waals surface area contributed by atoms with Crippen LogP contribution in [0.3, 0.4) is 0 Å². The SMILES string of the molecule is CCCN(CCC)C(=O)C1=CC(C)=CC(C(N)=O)([C@H](Cc2cc(F)cc(F)c2)[C@@H](O)CNCc2cc(OC)cc(OC)c2)C1. The van der Waals surface area contributed by atoms with E-state index >= 15 is 0 Å². The lowest BCUT2D eigenvalue weighted by molar-refractivity contribution is -0.132. The number of hydrogen-bond acceptors (Lipinski definition) is 6. The van der Waals surface area contributed by atoms with Crippen LogP contribution in [0.1, 0.15) is 51.2 Å². The number of benzene rings is 2. The standard InChI is InChI=1S/C34H45F2N3O5/c1-6-8-39(9-7-2)32(41)25-10-22(3)18-34(19-25,33(37)42)30(15-23-11-26(35)16-27(36)12-23)31(40)21-38-20-24-13-28(43-4)17-29(14-24)44-5/h10-14,16-18,30-31,38,40H,6-9,15,19-21H2,1-5H3,(H2,37,42)/t30-,31+,34?/m1/s1. The number of carbonyl (C=O) groups excluding carboxylic acids is 2. The van der Waals surface area contributed by atoms with Crippen molar-refractivity contribution in [3.63, 3.8) is 0 Å². The average molecular weight is 614 g/mol. The molecule has 44 heavy (non-hydrogen) atoms. The maximum Gasteiger partial charge on any atom is 0.249 e. The van der Waals surface area contributed by atoms with E-state index in [0.717, 1.165) is 24.5 Å². The van der Waals surface area contributed by atoms with Gasteiger partial charge in [-0.15, -0.1) is 0 Å². The molecule has 0 saturated heterocycles. The summed E-state index contributed by atoms with van der Waals surface area (Å²) < 4.78 is 39.2. The Bertz CT molecular complexity index is 1330. The molecule has 2 aromatic carbocycles. The number of hydrogen-bond donors (Lipinski definition) is 3. The molecule has 3 rings (SSSR count). The zero-order valence-corrected chi connectivity index (χ0v) is 26.3. The minimum atomic E-state index is -1.50. The number of methoxy groups -OCH3 is 2. The van der Waals surface area contributed by atoms with Gasteiger partial charge >= 0.3 is 0 Å². The van der Waals surface area contributed by atoms with Gasteiger partial charge in [-0.25, -0.2) is 8.78 Å². The van der Waals surface area contributed by atoms with Crippen LogP contribution in [-0.2, 0) is 22.6 Å². The van der Waals surface area contributed by atoms with Gasteiger partial charge in [-0.2, -0.15) is 0 Å². The molecule has 3 atom stereocenters. The van der Waals surface area contributed by atoms with Gasteiger partial charge in [0.25, 0.3) is 0 Å². The molecule has 8 nitrogen and oxygen atoms in total. The maximum absolute atomic E-state index is 14.3. The van der Waals surface area contributed by atoms with E-state index < -0.39 is 35.0 Å². The second-order valence-electron chi connectivity index (χ2n) is 11.4. The summed E-state index contributed by atoms with van der Waals surface area (Å²) in [5, 5.41) is 14.9. The van der Waals surface area contributed by atoms with Crippen LogP contribution in [0.5, 0.6) is 11.5 Å². The fourth-order valence-corrected chi connectivity index (χ4v) is 6.03. The molecule has 4 N–H and O–H groups in total. The monoisotopic (exact) mass is 613 g/mol. The normalized spacial score (nSPS) is 17.7. The molecule has 2 amide bonds. The molecule has 1 aliphatic rings. The highest BCUT2D eigenvalue weighted by Gasteiger charge is 2.48. The number of rotatable bonds is 16. The number of carbonyl (C=O) groups is 2. The molecule has 1 unspecified atom stereocenters. The van der Waals surface area contributed by atoms with Gasteiger partial charge in [0.2, 0.25) is 11.8 Å². The molecule has 0 heterocycles. The molecule has 1 aliphatic carbocycles. The molecule has 0 bridgehead atoms. The lowest BCUT2D eigenvalue weighted by Crippen LogP contribution is -2.51. The zero-order chi connectivity index (χ0) is 32.4. The summed E-state index contributed by atoms with van der Waals surface area (Å²) in [6.07, 6.45) is 3.68. The number of allylic oxidation sites excluding steroid dienone is 2. The van der Waals surface area contributed by atoms with Gasteiger partial charge in [0.15, 0.2) is 0 Å². The Kier molecular flexibility index (Phi) is 12.5. The van der Waals surface area contributed by atoms with Gasteiger partial charge in [0.1, 0.15) is 23.1 Å². The van der Waals surface area contributed by atoms with E-state index in [9.17, 15) is 23.5 Å². The number of nitrogens with two attached hydrogens (primary N) is 1. The second-order valence-corrected chi connectivity index (χ2v) is 11.4. The molecule has 240 valence electrons. The van der Waals surface area contributed by atoms with Gasteiger partial charge in [-0.3, -0.25) is 9.59 Å². The predicted octanol–water partition coefficient (Wildman–Crippen LogP) is 4.69. The minimum Gasteiger partial charge on any atom is -0.497 e. The largest absolute Gasteiger partial charge is 0.497 e. The smallest absolute Gasteiger partial charge is 0.249 e. The molecule has 0 aromatic heterocycles. The van der Waals surface area contributed by atoms with Crippen molar-refractivity contribution in [2.24, 2.45) is 17.1 Å². The van der Waals surface area contributed by atoms with Gasteiger partial charge in [0, 0.05) is 49.8 Å². The zero-order valence-electron chi connectivity index (χ0n) is 26.3. The van der Waals surface area contributed by atoms with Crippen LogP contribution < -0.4 is 20.5 Å². The molecule has 0 saturated carbocycles. The van der Waals surface area contributed by atoms with Crippen molar-refractivity contribution in [1.29, 1.82) is 0 Å². The Hall–Kier alpha value is -3.76. The van der Waals surface area contributed by atoms with E-state index in [1.54, 1.807) is 44.3 Å². The van der Waals surface area contributed by atoms with E-state index in [1.165, 1.54) is 12.1 Å². The third-order valence-corrected chi connectivity index (χ3v) is 7.98. The first-order chi connectivity index (χ1) is 21.0. The third-order valence-electron chi connectivity index (χ3n) is 7.98. The summed E-state index contributed by atoms with van der Waals surface area (Å²) in [5.41, 5.74) is 6.75. The average Bonchev–Trinajstić information content (AvgIpc) is 2.98.